The standard InChI is InChI=1S/C24H29Cl2NO7S/c1-31-20-12-16(13-21(32-2)22(20)33-3)23(28)27-10-5-8-24(15-27,9-11-34-35(4,29)30)17-6-7-18(25)19(26)14-17/h6-7,12-14H,5,8-11,15H2,1-4H3. The first-order valence-corrected chi connectivity index (χ1v) is 13.5. The molecule has 0 spiro atoms. The number of rotatable bonds is 9. The number of amides is 1. The molecule has 1 aliphatic rings. The molecule has 0 saturated carbocycles. The van der Waals surface area contributed by atoms with Crippen LogP contribution < -0.4 is 14.2 Å². The normalized spacial score (nSPS) is 18.3. The number of nitrogens with zero attached hydrogens (tertiary/aromatic N) is 1. The van der Waals surface area contributed by atoms with Crippen LogP contribution in [0.15, 0.2) is 30.3 Å². The first-order valence-electron chi connectivity index (χ1n) is 10.9. The molecule has 192 valence electrons. The van der Waals surface area contributed by atoms with Crippen molar-refractivity contribution in [3.05, 3.63) is 51.5 Å². The molecule has 0 aliphatic carbocycles. The van der Waals surface area contributed by atoms with Gasteiger partial charge in [-0.3, -0.25) is 8.98 Å². The van der Waals surface area contributed by atoms with Gasteiger partial charge in [-0.2, -0.15) is 8.42 Å². The molecule has 3 rings (SSSR count). The van der Waals surface area contributed by atoms with Crippen LogP contribution in [0.3, 0.4) is 0 Å². The van der Waals surface area contributed by atoms with E-state index in [0.29, 0.717) is 58.8 Å². The minimum atomic E-state index is -3.61. The highest BCUT2D eigenvalue weighted by atomic mass is 35.5. The molecule has 2 aromatic carbocycles. The lowest BCUT2D eigenvalue weighted by Crippen LogP contribution is -2.49. The van der Waals surface area contributed by atoms with Crippen LogP contribution in [0.2, 0.25) is 10.0 Å². The second-order valence-electron chi connectivity index (χ2n) is 8.43. The van der Waals surface area contributed by atoms with Crippen molar-refractivity contribution in [3.63, 3.8) is 0 Å². The third kappa shape index (κ3) is 6.33. The number of piperidine rings is 1. The van der Waals surface area contributed by atoms with E-state index in [9.17, 15) is 13.2 Å². The van der Waals surface area contributed by atoms with E-state index >= 15 is 0 Å². The van der Waals surface area contributed by atoms with Crippen LogP contribution in [0.4, 0.5) is 0 Å². The summed E-state index contributed by atoms with van der Waals surface area (Å²) in [6.07, 6.45) is 2.81. The molecule has 1 saturated heterocycles. The summed E-state index contributed by atoms with van der Waals surface area (Å²) < 4.78 is 44.4. The summed E-state index contributed by atoms with van der Waals surface area (Å²) in [5.74, 6) is 0.944. The van der Waals surface area contributed by atoms with Gasteiger partial charge in [0, 0.05) is 24.1 Å². The third-order valence-electron chi connectivity index (χ3n) is 6.19. The van der Waals surface area contributed by atoms with Crippen LogP contribution in [0, 0.1) is 0 Å². The van der Waals surface area contributed by atoms with E-state index in [1.165, 1.54) is 21.3 Å². The predicted octanol–water partition coefficient (Wildman–Crippen LogP) is 4.56. The van der Waals surface area contributed by atoms with Crippen molar-refractivity contribution in [3.8, 4) is 17.2 Å². The molecule has 0 N–H and O–H groups in total. The Hall–Kier alpha value is -2.20. The maximum atomic E-state index is 13.6. The van der Waals surface area contributed by atoms with Crippen LogP contribution in [-0.2, 0) is 19.7 Å². The number of carbonyl (C=O) groups is 1. The second-order valence-corrected chi connectivity index (χ2v) is 10.9. The average Bonchev–Trinajstić information content (AvgIpc) is 2.83. The van der Waals surface area contributed by atoms with Crippen molar-refractivity contribution in [1.82, 2.24) is 4.90 Å². The second kappa shape index (κ2) is 11.2. The van der Waals surface area contributed by atoms with Crippen molar-refractivity contribution >= 4 is 39.2 Å². The smallest absolute Gasteiger partial charge is 0.264 e. The van der Waals surface area contributed by atoms with E-state index in [0.717, 1.165) is 18.2 Å². The van der Waals surface area contributed by atoms with Gasteiger partial charge in [0.15, 0.2) is 11.5 Å². The molecule has 1 amide bonds. The van der Waals surface area contributed by atoms with E-state index in [1.807, 2.05) is 6.07 Å². The Kier molecular flexibility index (Phi) is 8.80. The van der Waals surface area contributed by atoms with Crippen LogP contribution in [0.25, 0.3) is 0 Å². The summed E-state index contributed by atoms with van der Waals surface area (Å²) in [6, 6.07) is 8.58. The van der Waals surface area contributed by atoms with Crippen LogP contribution >= 0.6 is 23.2 Å². The maximum absolute atomic E-state index is 13.6. The van der Waals surface area contributed by atoms with Crippen LogP contribution in [0.5, 0.6) is 17.2 Å². The zero-order chi connectivity index (χ0) is 25.8. The fraction of sp³-hybridized carbons (Fsp3) is 0.458. The zero-order valence-electron chi connectivity index (χ0n) is 20.1. The van der Waals surface area contributed by atoms with Crippen molar-refractivity contribution in [2.45, 2.75) is 24.7 Å². The Morgan fingerprint density at radius 3 is 2.23 bits per heavy atom. The highest BCUT2D eigenvalue weighted by Crippen LogP contribution is 2.42. The molecule has 1 atom stereocenters. The van der Waals surface area contributed by atoms with Gasteiger partial charge in [0.25, 0.3) is 16.0 Å². The van der Waals surface area contributed by atoms with Gasteiger partial charge in [-0.05, 0) is 49.1 Å². The molecule has 0 aromatic heterocycles. The third-order valence-corrected chi connectivity index (χ3v) is 7.52. The Balaban J connectivity index is 1.97. The summed E-state index contributed by atoms with van der Waals surface area (Å²) >= 11 is 12.4. The number of carbonyl (C=O) groups excluding carboxylic acids is 1. The molecule has 8 nitrogen and oxygen atoms in total. The minimum Gasteiger partial charge on any atom is -0.493 e. The van der Waals surface area contributed by atoms with E-state index in [4.69, 9.17) is 41.6 Å². The molecule has 35 heavy (non-hydrogen) atoms. The van der Waals surface area contributed by atoms with Gasteiger partial charge in [0.1, 0.15) is 0 Å². The molecular formula is C24H29Cl2NO7S. The van der Waals surface area contributed by atoms with Crippen molar-refractivity contribution in [2.75, 3.05) is 47.3 Å². The Labute approximate surface area is 216 Å². The largest absolute Gasteiger partial charge is 0.493 e. The Bertz CT molecular complexity index is 1160. The molecule has 0 bridgehead atoms. The van der Waals surface area contributed by atoms with Crippen LogP contribution in [0.1, 0.15) is 35.2 Å². The van der Waals surface area contributed by atoms with Crippen molar-refractivity contribution in [2.24, 2.45) is 0 Å². The van der Waals surface area contributed by atoms with Gasteiger partial charge in [-0.15, -0.1) is 0 Å². The predicted molar refractivity (Wildman–Crippen MR) is 135 cm³/mol. The molecule has 1 aliphatic heterocycles. The topological polar surface area (TPSA) is 91.4 Å². The Morgan fingerprint density at radius 2 is 1.69 bits per heavy atom. The van der Waals surface area contributed by atoms with Gasteiger partial charge in [0.05, 0.1) is 44.2 Å². The molecular weight excluding hydrogens is 517 g/mol. The number of halogens is 2. The average molecular weight is 546 g/mol. The highest BCUT2D eigenvalue weighted by molar-refractivity contribution is 7.85. The van der Waals surface area contributed by atoms with Crippen molar-refractivity contribution < 1.29 is 31.6 Å². The van der Waals surface area contributed by atoms with Gasteiger partial charge in [-0.25, -0.2) is 0 Å². The number of ether oxygens (including phenoxy) is 3. The molecule has 1 fully saturated rings. The lowest BCUT2D eigenvalue weighted by molar-refractivity contribution is 0.0608. The van der Waals surface area contributed by atoms with E-state index in [2.05, 4.69) is 0 Å². The zero-order valence-corrected chi connectivity index (χ0v) is 22.4. The molecule has 2 aromatic rings. The number of methoxy groups -OCH3 is 3. The minimum absolute atomic E-state index is 0.0225. The molecule has 1 heterocycles. The Morgan fingerprint density at radius 1 is 1.03 bits per heavy atom. The highest BCUT2D eigenvalue weighted by Gasteiger charge is 2.39. The summed E-state index contributed by atoms with van der Waals surface area (Å²) in [5.41, 5.74) is 0.677. The quantitative estimate of drug-likeness (QED) is 0.426. The monoisotopic (exact) mass is 545 g/mol. The molecule has 0 radical (unpaired) electrons. The first kappa shape index (κ1) is 27.4. The van der Waals surface area contributed by atoms with Crippen molar-refractivity contribution in [1.29, 1.82) is 0 Å². The van der Waals surface area contributed by atoms with E-state index in [1.54, 1.807) is 29.2 Å². The lowest BCUT2D eigenvalue weighted by Gasteiger charge is -2.43. The summed E-state index contributed by atoms with van der Waals surface area (Å²) in [7, 11) is 0.865. The van der Waals surface area contributed by atoms with E-state index in [-0.39, 0.29) is 12.5 Å². The number of likely N-dealkylation sites (tertiary alicyclic amines) is 1. The fourth-order valence-electron chi connectivity index (χ4n) is 4.49. The van der Waals surface area contributed by atoms with Gasteiger partial charge < -0.3 is 19.1 Å². The maximum Gasteiger partial charge on any atom is 0.264 e. The van der Waals surface area contributed by atoms with Gasteiger partial charge in [-0.1, -0.05) is 29.3 Å². The van der Waals surface area contributed by atoms with Gasteiger partial charge in [0.2, 0.25) is 5.75 Å². The lowest BCUT2D eigenvalue weighted by atomic mass is 9.71. The molecule has 11 heteroatoms. The summed E-state index contributed by atoms with van der Waals surface area (Å²) in [4.78, 5) is 15.4. The van der Waals surface area contributed by atoms with Gasteiger partial charge >= 0.3 is 0 Å². The number of benzene rings is 2. The summed E-state index contributed by atoms with van der Waals surface area (Å²) in [6.45, 7) is 0.852. The fourth-order valence-corrected chi connectivity index (χ4v) is 5.17. The van der Waals surface area contributed by atoms with E-state index < -0.39 is 15.5 Å². The molecule has 1 unspecified atom stereocenters. The summed E-state index contributed by atoms with van der Waals surface area (Å²) in [5, 5.41) is 0.805. The number of hydrogen-bond acceptors (Lipinski definition) is 7. The van der Waals surface area contributed by atoms with Crippen LogP contribution in [-0.4, -0.2) is 66.5 Å². The SMILES string of the molecule is COc1cc(C(=O)N2CCCC(CCOS(C)(=O)=O)(c3ccc(Cl)c(Cl)c3)C2)cc(OC)c1OC. The number of hydrogen-bond donors (Lipinski definition) is 0. The first-order chi connectivity index (χ1) is 16.5.